The second kappa shape index (κ2) is 3.46. The van der Waals surface area contributed by atoms with Gasteiger partial charge >= 0.3 is 0 Å². The van der Waals surface area contributed by atoms with Crippen molar-refractivity contribution in [1.82, 2.24) is 5.32 Å². The number of benzene rings is 1. The lowest BCUT2D eigenvalue weighted by molar-refractivity contribution is 0.688. The molecule has 2 heteroatoms. The highest BCUT2D eigenvalue weighted by molar-refractivity contribution is 6.30. The van der Waals surface area contributed by atoms with E-state index in [1.807, 2.05) is 12.1 Å². The van der Waals surface area contributed by atoms with E-state index in [0.717, 1.165) is 17.6 Å². The zero-order valence-corrected chi connectivity index (χ0v) is 7.64. The van der Waals surface area contributed by atoms with Crippen LogP contribution in [0.4, 0.5) is 0 Å². The molecule has 0 unspecified atom stereocenters. The lowest BCUT2D eigenvalue weighted by Crippen LogP contribution is -2.14. The lowest BCUT2D eigenvalue weighted by atomic mass is 10.2. The smallest absolute Gasteiger partial charge is 0.0406 e. The number of nitrogens with one attached hydrogen (secondary N) is 1. The molecule has 0 aliphatic heterocycles. The molecule has 0 bridgehead atoms. The predicted molar refractivity (Wildman–Crippen MR) is 51.3 cm³/mol. The lowest BCUT2D eigenvalue weighted by Gasteiger charge is -2.01. The van der Waals surface area contributed by atoms with Gasteiger partial charge in [-0.25, -0.2) is 0 Å². The molecule has 0 radical (unpaired) electrons. The molecule has 0 amide bonds. The summed E-state index contributed by atoms with van der Waals surface area (Å²) in [5, 5.41) is 4.26. The molecule has 2 rings (SSSR count). The Morgan fingerprint density at radius 3 is 2.50 bits per heavy atom. The molecule has 0 heterocycles. The average Bonchev–Trinajstić information content (AvgIpc) is 2.87. The van der Waals surface area contributed by atoms with E-state index in [2.05, 4.69) is 17.4 Å². The molecule has 1 aliphatic carbocycles. The van der Waals surface area contributed by atoms with Crippen molar-refractivity contribution < 1.29 is 0 Å². The third kappa shape index (κ3) is 2.23. The van der Waals surface area contributed by atoms with Crippen LogP contribution in [0, 0.1) is 0 Å². The molecule has 1 aromatic carbocycles. The maximum Gasteiger partial charge on any atom is 0.0406 e. The fourth-order valence-corrected chi connectivity index (χ4v) is 1.28. The second-order valence-corrected chi connectivity index (χ2v) is 3.72. The monoisotopic (exact) mass is 181 g/mol. The zero-order chi connectivity index (χ0) is 8.39. The van der Waals surface area contributed by atoms with E-state index in [4.69, 9.17) is 11.6 Å². The van der Waals surface area contributed by atoms with E-state index in [9.17, 15) is 0 Å². The minimum Gasteiger partial charge on any atom is -0.310 e. The van der Waals surface area contributed by atoms with Gasteiger partial charge in [0.05, 0.1) is 0 Å². The maximum absolute atomic E-state index is 5.77. The Morgan fingerprint density at radius 1 is 1.25 bits per heavy atom. The van der Waals surface area contributed by atoms with E-state index in [1.54, 1.807) is 0 Å². The Morgan fingerprint density at radius 2 is 1.92 bits per heavy atom. The van der Waals surface area contributed by atoms with Gasteiger partial charge in [0.2, 0.25) is 0 Å². The van der Waals surface area contributed by atoms with Crippen molar-refractivity contribution in [2.75, 3.05) is 0 Å². The standard InChI is InChI=1S/C10H12ClN/c11-9-3-1-8(2-4-9)7-12-10-5-6-10/h1-4,10,12H,5-7H2. The fourth-order valence-electron chi connectivity index (χ4n) is 1.15. The molecule has 0 saturated heterocycles. The molecule has 1 aliphatic rings. The summed E-state index contributed by atoms with van der Waals surface area (Å²) >= 11 is 5.77. The van der Waals surface area contributed by atoms with E-state index < -0.39 is 0 Å². The summed E-state index contributed by atoms with van der Waals surface area (Å²) in [5.74, 6) is 0. The Bertz CT molecular complexity index is 251. The fraction of sp³-hybridized carbons (Fsp3) is 0.400. The molecular formula is C10H12ClN. The van der Waals surface area contributed by atoms with Crippen LogP contribution in [0.25, 0.3) is 0 Å². The van der Waals surface area contributed by atoms with E-state index in [0.29, 0.717) is 0 Å². The summed E-state index contributed by atoms with van der Waals surface area (Å²) in [5.41, 5.74) is 1.31. The average molecular weight is 182 g/mol. The van der Waals surface area contributed by atoms with Crippen LogP contribution in [0.2, 0.25) is 5.02 Å². The Balaban J connectivity index is 1.89. The second-order valence-electron chi connectivity index (χ2n) is 3.28. The Labute approximate surface area is 77.7 Å². The highest BCUT2D eigenvalue weighted by Gasteiger charge is 2.19. The first-order valence-corrected chi connectivity index (χ1v) is 4.70. The van der Waals surface area contributed by atoms with Crippen LogP contribution in [-0.4, -0.2) is 6.04 Å². The Hall–Kier alpha value is -0.530. The van der Waals surface area contributed by atoms with Crippen molar-refractivity contribution in [3.63, 3.8) is 0 Å². The van der Waals surface area contributed by atoms with Crippen molar-refractivity contribution in [2.45, 2.75) is 25.4 Å². The van der Waals surface area contributed by atoms with Crippen LogP contribution >= 0.6 is 11.6 Å². The van der Waals surface area contributed by atoms with E-state index in [-0.39, 0.29) is 0 Å². The van der Waals surface area contributed by atoms with Crippen LogP contribution < -0.4 is 5.32 Å². The minimum absolute atomic E-state index is 0.778. The molecule has 0 atom stereocenters. The summed E-state index contributed by atoms with van der Waals surface area (Å²) in [6, 6.07) is 8.78. The van der Waals surface area contributed by atoms with Gasteiger partial charge < -0.3 is 5.32 Å². The number of rotatable bonds is 3. The first-order chi connectivity index (χ1) is 5.84. The van der Waals surface area contributed by atoms with Gasteiger partial charge in [0.15, 0.2) is 0 Å². The van der Waals surface area contributed by atoms with Gasteiger partial charge in [-0.05, 0) is 30.5 Å². The topological polar surface area (TPSA) is 12.0 Å². The molecule has 1 saturated carbocycles. The largest absolute Gasteiger partial charge is 0.310 e. The molecular weight excluding hydrogens is 170 g/mol. The van der Waals surface area contributed by atoms with Gasteiger partial charge in [-0.2, -0.15) is 0 Å². The minimum atomic E-state index is 0.778. The first-order valence-electron chi connectivity index (χ1n) is 4.32. The SMILES string of the molecule is Clc1ccc(CNC2CC2)cc1. The molecule has 0 spiro atoms. The molecule has 0 aromatic heterocycles. The van der Waals surface area contributed by atoms with E-state index in [1.165, 1.54) is 18.4 Å². The number of hydrogen-bond acceptors (Lipinski definition) is 1. The van der Waals surface area contributed by atoms with Gasteiger partial charge in [0.1, 0.15) is 0 Å². The highest BCUT2D eigenvalue weighted by Crippen LogP contribution is 2.19. The van der Waals surface area contributed by atoms with Crippen molar-refractivity contribution in [2.24, 2.45) is 0 Å². The van der Waals surface area contributed by atoms with Crippen LogP contribution in [0.1, 0.15) is 18.4 Å². The molecule has 1 nitrogen and oxygen atoms in total. The highest BCUT2D eigenvalue weighted by atomic mass is 35.5. The van der Waals surface area contributed by atoms with Gasteiger partial charge in [-0.15, -0.1) is 0 Å². The van der Waals surface area contributed by atoms with Crippen LogP contribution in [0.3, 0.4) is 0 Å². The first kappa shape index (κ1) is 8.09. The summed E-state index contributed by atoms with van der Waals surface area (Å²) in [6.07, 6.45) is 2.68. The maximum atomic E-state index is 5.77. The molecule has 1 fully saturated rings. The van der Waals surface area contributed by atoms with Gasteiger partial charge in [0.25, 0.3) is 0 Å². The molecule has 12 heavy (non-hydrogen) atoms. The van der Waals surface area contributed by atoms with Gasteiger partial charge in [0, 0.05) is 17.6 Å². The van der Waals surface area contributed by atoms with Crippen LogP contribution in [0.15, 0.2) is 24.3 Å². The number of halogens is 1. The quantitative estimate of drug-likeness (QED) is 0.756. The molecule has 64 valence electrons. The third-order valence-corrected chi connectivity index (χ3v) is 2.34. The molecule has 1 N–H and O–H groups in total. The van der Waals surface area contributed by atoms with Crippen molar-refractivity contribution in [3.8, 4) is 0 Å². The van der Waals surface area contributed by atoms with Crippen molar-refractivity contribution >= 4 is 11.6 Å². The van der Waals surface area contributed by atoms with Gasteiger partial charge in [-0.1, -0.05) is 23.7 Å². The molecule has 1 aromatic rings. The number of hydrogen-bond donors (Lipinski definition) is 1. The van der Waals surface area contributed by atoms with E-state index >= 15 is 0 Å². The van der Waals surface area contributed by atoms with Crippen molar-refractivity contribution in [3.05, 3.63) is 34.9 Å². The van der Waals surface area contributed by atoms with Gasteiger partial charge in [-0.3, -0.25) is 0 Å². The van der Waals surface area contributed by atoms with Crippen LogP contribution in [0.5, 0.6) is 0 Å². The zero-order valence-electron chi connectivity index (χ0n) is 6.89. The third-order valence-electron chi connectivity index (χ3n) is 2.09. The summed E-state index contributed by atoms with van der Waals surface area (Å²) < 4.78 is 0. The summed E-state index contributed by atoms with van der Waals surface area (Å²) in [7, 11) is 0. The predicted octanol–water partition coefficient (Wildman–Crippen LogP) is 2.59. The summed E-state index contributed by atoms with van der Waals surface area (Å²) in [6.45, 7) is 0.974. The van der Waals surface area contributed by atoms with Crippen LogP contribution in [-0.2, 0) is 6.54 Å². The Kier molecular flexibility index (Phi) is 2.33. The van der Waals surface area contributed by atoms with Crippen molar-refractivity contribution in [1.29, 1.82) is 0 Å². The summed E-state index contributed by atoms with van der Waals surface area (Å²) in [4.78, 5) is 0. The normalized spacial score (nSPS) is 16.4.